The van der Waals surface area contributed by atoms with Crippen LogP contribution in [-0.4, -0.2) is 11.5 Å². The van der Waals surface area contributed by atoms with Gasteiger partial charge in [0.1, 0.15) is 5.75 Å². The first-order chi connectivity index (χ1) is 10.1. The number of nitrogens with two attached hydrogens (primary N) is 1. The second-order valence-electron chi connectivity index (χ2n) is 4.42. The number of para-hydroxylation sites is 2. The molecule has 2 rings (SSSR count). The third-order valence-corrected chi connectivity index (χ3v) is 3.70. The van der Waals surface area contributed by atoms with Gasteiger partial charge in [-0.05, 0) is 22.0 Å². The largest absolute Gasteiger partial charge is 0.492 e. The van der Waals surface area contributed by atoms with Crippen molar-refractivity contribution in [3.8, 4) is 5.75 Å². The summed E-state index contributed by atoms with van der Waals surface area (Å²) in [4.78, 5) is 10.6. The molecule has 0 heterocycles. The van der Waals surface area contributed by atoms with E-state index >= 15 is 0 Å². The number of ether oxygens (including phenoxy) is 1. The zero-order chi connectivity index (χ0) is 15.2. The fourth-order valence-corrected chi connectivity index (χ4v) is 2.56. The molecule has 0 amide bonds. The summed E-state index contributed by atoms with van der Waals surface area (Å²) in [7, 11) is 0. The third-order valence-electron chi connectivity index (χ3n) is 3.07. The number of benzene rings is 2. The molecule has 0 saturated carbocycles. The average Bonchev–Trinajstić information content (AvgIpc) is 2.49. The molecule has 0 unspecified atom stereocenters. The van der Waals surface area contributed by atoms with Crippen LogP contribution >= 0.6 is 15.9 Å². The van der Waals surface area contributed by atoms with Crippen molar-refractivity contribution in [1.82, 2.24) is 0 Å². The van der Waals surface area contributed by atoms with E-state index in [4.69, 9.17) is 10.5 Å². The Kier molecular flexibility index (Phi) is 5.30. The normalized spacial score (nSPS) is 10.4. The molecule has 0 saturated heterocycles. The zero-order valence-corrected chi connectivity index (χ0v) is 12.9. The van der Waals surface area contributed by atoms with Crippen molar-refractivity contribution in [1.29, 1.82) is 0 Å². The summed E-state index contributed by atoms with van der Waals surface area (Å²) in [5.74, 6) is 0.693. The lowest BCUT2D eigenvalue weighted by Crippen LogP contribution is -2.07. The minimum absolute atomic E-state index is 0.118. The maximum Gasteiger partial charge on any atom is 0.272 e. The van der Waals surface area contributed by atoms with Gasteiger partial charge in [0.2, 0.25) is 0 Å². The van der Waals surface area contributed by atoms with E-state index in [1.807, 2.05) is 18.2 Å². The van der Waals surface area contributed by atoms with Gasteiger partial charge in [-0.3, -0.25) is 10.1 Å². The van der Waals surface area contributed by atoms with Gasteiger partial charge in [0.25, 0.3) is 5.69 Å². The number of nitro benzene ring substituents is 1. The van der Waals surface area contributed by atoms with Crippen LogP contribution in [-0.2, 0) is 13.0 Å². The molecule has 0 bridgehead atoms. The number of rotatable bonds is 6. The molecule has 2 N–H and O–H groups in total. The van der Waals surface area contributed by atoms with E-state index in [2.05, 4.69) is 15.9 Å². The third kappa shape index (κ3) is 3.80. The Hall–Kier alpha value is -1.92. The highest BCUT2D eigenvalue weighted by molar-refractivity contribution is 9.10. The molecule has 0 aromatic heterocycles. The highest BCUT2D eigenvalue weighted by atomic mass is 79.9. The quantitative estimate of drug-likeness (QED) is 0.639. The maximum absolute atomic E-state index is 11.0. The molecule has 0 radical (unpaired) electrons. The summed E-state index contributed by atoms with van der Waals surface area (Å²) in [6.07, 6.45) is 0.461. The molecule has 0 fully saturated rings. The minimum atomic E-state index is -0.376. The predicted molar refractivity (Wildman–Crippen MR) is 84.3 cm³/mol. The van der Waals surface area contributed by atoms with E-state index in [1.54, 1.807) is 18.2 Å². The van der Waals surface area contributed by atoms with Crippen LogP contribution < -0.4 is 10.5 Å². The van der Waals surface area contributed by atoms with Gasteiger partial charge in [0, 0.05) is 30.2 Å². The van der Waals surface area contributed by atoms with Crippen molar-refractivity contribution in [2.75, 3.05) is 6.61 Å². The van der Waals surface area contributed by atoms with E-state index in [-0.39, 0.29) is 10.6 Å². The van der Waals surface area contributed by atoms with E-state index in [1.165, 1.54) is 6.07 Å². The summed E-state index contributed by atoms with van der Waals surface area (Å²) in [6, 6.07) is 12.3. The summed E-state index contributed by atoms with van der Waals surface area (Å²) >= 11 is 3.42. The van der Waals surface area contributed by atoms with Crippen LogP contribution in [0.15, 0.2) is 46.9 Å². The number of nitrogens with zero attached hydrogens (tertiary/aromatic N) is 1. The molecule has 2 aromatic carbocycles. The minimum Gasteiger partial charge on any atom is -0.492 e. The van der Waals surface area contributed by atoms with Gasteiger partial charge >= 0.3 is 0 Å². The summed E-state index contributed by atoms with van der Waals surface area (Å²) in [6.45, 7) is 0.723. The monoisotopic (exact) mass is 350 g/mol. The molecule has 21 heavy (non-hydrogen) atoms. The van der Waals surface area contributed by atoms with Gasteiger partial charge in [-0.1, -0.05) is 30.3 Å². The first-order valence-corrected chi connectivity index (χ1v) is 7.25. The van der Waals surface area contributed by atoms with Crippen molar-refractivity contribution in [2.45, 2.75) is 13.0 Å². The van der Waals surface area contributed by atoms with Gasteiger partial charge in [0.05, 0.1) is 16.0 Å². The molecule has 0 atom stereocenters. The van der Waals surface area contributed by atoms with Gasteiger partial charge in [0.15, 0.2) is 0 Å². The summed E-state index contributed by atoms with van der Waals surface area (Å²) in [5.41, 5.74) is 7.35. The van der Waals surface area contributed by atoms with Gasteiger partial charge in [-0.25, -0.2) is 0 Å². The van der Waals surface area contributed by atoms with Crippen molar-refractivity contribution in [3.63, 3.8) is 0 Å². The highest BCUT2D eigenvalue weighted by Gasteiger charge is 2.13. The van der Waals surface area contributed by atoms with Crippen molar-refractivity contribution < 1.29 is 9.66 Å². The SMILES string of the molecule is NCc1cccc(Br)c1OCCc1ccccc1[N+](=O)[O-]. The first kappa shape index (κ1) is 15.5. The molecule has 0 aliphatic carbocycles. The topological polar surface area (TPSA) is 78.4 Å². The molecule has 0 aliphatic heterocycles. The smallest absolute Gasteiger partial charge is 0.272 e. The molecule has 5 nitrogen and oxygen atoms in total. The Morgan fingerprint density at radius 2 is 1.86 bits per heavy atom. The maximum atomic E-state index is 11.0. The van der Waals surface area contributed by atoms with E-state index in [0.717, 1.165) is 10.0 Å². The fourth-order valence-electron chi connectivity index (χ4n) is 2.04. The predicted octanol–water partition coefficient (Wildman–Crippen LogP) is 3.44. The van der Waals surface area contributed by atoms with Crippen LogP contribution in [0.4, 0.5) is 5.69 Å². The van der Waals surface area contributed by atoms with E-state index in [9.17, 15) is 10.1 Å². The second kappa shape index (κ2) is 7.19. The molecule has 110 valence electrons. The average molecular weight is 351 g/mol. The number of hydrogen-bond acceptors (Lipinski definition) is 4. The van der Waals surface area contributed by atoms with Crippen LogP contribution in [0.25, 0.3) is 0 Å². The van der Waals surface area contributed by atoms with Crippen LogP contribution in [0.2, 0.25) is 0 Å². The van der Waals surface area contributed by atoms with Crippen LogP contribution in [0, 0.1) is 10.1 Å². The highest BCUT2D eigenvalue weighted by Crippen LogP contribution is 2.29. The van der Waals surface area contributed by atoms with Gasteiger partial charge < -0.3 is 10.5 Å². The standard InChI is InChI=1S/C15H15BrN2O3/c16-13-6-3-5-12(10-17)15(13)21-9-8-11-4-1-2-7-14(11)18(19)20/h1-7H,8-10,17H2. The zero-order valence-electron chi connectivity index (χ0n) is 11.3. The molecular formula is C15H15BrN2O3. The molecule has 6 heteroatoms. The number of hydrogen-bond donors (Lipinski definition) is 1. The lowest BCUT2D eigenvalue weighted by Gasteiger charge is -2.12. The van der Waals surface area contributed by atoms with Crippen molar-refractivity contribution in [2.24, 2.45) is 5.73 Å². The molecule has 0 aliphatic rings. The lowest BCUT2D eigenvalue weighted by molar-refractivity contribution is -0.385. The van der Waals surface area contributed by atoms with E-state index < -0.39 is 0 Å². The van der Waals surface area contributed by atoms with Crippen LogP contribution in [0.1, 0.15) is 11.1 Å². The van der Waals surface area contributed by atoms with E-state index in [0.29, 0.717) is 30.9 Å². The second-order valence-corrected chi connectivity index (χ2v) is 5.27. The Morgan fingerprint density at radius 3 is 2.57 bits per heavy atom. The van der Waals surface area contributed by atoms with Gasteiger partial charge in [-0.2, -0.15) is 0 Å². The van der Waals surface area contributed by atoms with Crippen LogP contribution in [0.3, 0.4) is 0 Å². The van der Waals surface area contributed by atoms with Crippen molar-refractivity contribution in [3.05, 3.63) is 68.2 Å². The first-order valence-electron chi connectivity index (χ1n) is 6.46. The number of halogens is 1. The Labute approximate surface area is 131 Å². The van der Waals surface area contributed by atoms with Crippen LogP contribution in [0.5, 0.6) is 5.75 Å². The van der Waals surface area contributed by atoms with Gasteiger partial charge in [-0.15, -0.1) is 0 Å². The number of nitro groups is 1. The summed E-state index contributed by atoms with van der Waals surface area (Å²) < 4.78 is 6.57. The van der Waals surface area contributed by atoms with Crippen molar-refractivity contribution >= 4 is 21.6 Å². The molecule has 2 aromatic rings. The Morgan fingerprint density at radius 1 is 1.14 bits per heavy atom. The molecular weight excluding hydrogens is 336 g/mol. The molecule has 0 spiro atoms. The summed E-state index contributed by atoms with van der Waals surface area (Å²) in [5, 5.41) is 11.0. The Bertz CT molecular complexity index is 647. The lowest BCUT2D eigenvalue weighted by atomic mass is 10.1. The fraction of sp³-hybridized carbons (Fsp3) is 0.200. The Balaban J connectivity index is 2.07.